The number of nitrogens with one attached hydrogen (secondary N) is 1. The van der Waals surface area contributed by atoms with Gasteiger partial charge in [0, 0.05) is 22.6 Å². The van der Waals surface area contributed by atoms with Crippen LogP contribution in [0.25, 0.3) is 5.69 Å². The molecule has 0 aliphatic carbocycles. The van der Waals surface area contributed by atoms with Gasteiger partial charge in [-0.25, -0.2) is 9.78 Å². The molecule has 0 aliphatic rings. The minimum Gasteiger partial charge on any atom is -0.465 e. The number of hydrogen-bond donors (Lipinski definition) is 1. The van der Waals surface area contributed by atoms with Gasteiger partial charge in [0.25, 0.3) is 5.91 Å². The maximum Gasteiger partial charge on any atom is 0.349 e. The number of anilines is 1. The first-order chi connectivity index (χ1) is 12.0. The van der Waals surface area contributed by atoms with E-state index in [1.165, 1.54) is 13.3 Å². The number of methoxy groups -OCH3 is 1. The Morgan fingerprint density at radius 1 is 1.08 bits per heavy atom. The molecule has 2 heterocycles. The monoisotopic (exact) mass is 355 g/mol. The second-order valence-corrected chi connectivity index (χ2v) is 6.50. The molecule has 0 bridgehead atoms. The molecule has 7 heteroatoms. The lowest BCUT2D eigenvalue weighted by Crippen LogP contribution is -2.11. The van der Waals surface area contributed by atoms with E-state index in [4.69, 9.17) is 0 Å². The molecule has 0 fully saturated rings. The van der Waals surface area contributed by atoms with Gasteiger partial charge in [0.1, 0.15) is 4.88 Å². The molecular weight excluding hydrogens is 338 g/mol. The van der Waals surface area contributed by atoms with Crippen molar-refractivity contribution in [1.82, 2.24) is 9.55 Å². The number of esters is 1. The molecule has 6 nitrogen and oxygen atoms in total. The molecule has 1 N–H and O–H groups in total. The number of aromatic nitrogens is 2. The first-order valence-corrected chi connectivity index (χ1v) is 8.42. The van der Waals surface area contributed by atoms with Gasteiger partial charge in [0.15, 0.2) is 5.13 Å². The van der Waals surface area contributed by atoms with Crippen molar-refractivity contribution in [3.05, 3.63) is 64.4 Å². The van der Waals surface area contributed by atoms with E-state index in [1.807, 2.05) is 26.0 Å². The Morgan fingerprint density at radius 3 is 2.32 bits per heavy atom. The molecule has 0 saturated carbocycles. The molecule has 1 aromatic carbocycles. The molecule has 0 atom stereocenters. The Morgan fingerprint density at radius 2 is 1.72 bits per heavy atom. The number of aryl methyl sites for hydroxylation is 2. The van der Waals surface area contributed by atoms with Crippen LogP contribution in [0.15, 0.2) is 42.6 Å². The normalized spacial score (nSPS) is 10.5. The molecule has 0 unspecified atom stereocenters. The number of nitrogens with zero attached hydrogens (tertiary/aromatic N) is 2. The lowest BCUT2D eigenvalue weighted by molar-refractivity contribution is 0.0606. The van der Waals surface area contributed by atoms with Gasteiger partial charge in [-0.3, -0.25) is 10.1 Å². The predicted octanol–water partition coefficient (Wildman–Crippen LogP) is 3.59. The molecule has 128 valence electrons. The summed E-state index contributed by atoms with van der Waals surface area (Å²) in [5.41, 5.74) is 3.78. The standard InChI is InChI=1S/C18H17N3O3S/c1-11-4-5-12(2)21(11)14-8-6-13(7-9-14)16(22)20-18-19-10-15(25-18)17(23)24-3/h4-10H,1-3H3,(H,19,20,22). The lowest BCUT2D eigenvalue weighted by atomic mass is 10.2. The van der Waals surface area contributed by atoms with Crippen molar-refractivity contribution in [3.63, 3.8) is 0 Å². The number of ether oxygens (including phenoxy) is 1. The fourth-order valence-corrected chi connectivity index (χ4v) is 3.26. The number of carbonyl (C=O) groups excluding carboxylic acids is 2. The van der Waals surface area contributed by atoms with Gasteiger partial charge in [0.2, 0.25) is 0 Å². The molecule has 25 heavy (non-hydrogen) atoms. The fourth-order valence-electron chi connectivity index (χ4n) is 2.53. The van der Waals surface area contributed by atoms with Gasteiger partial charge in [-0.1, -0.05) is 11.3 Å². The summed E-state index contributed by atoms with van der Waals surface area (Å²) in [6, 6.07) is 11.4. The SMILES string of the molecule is COC(=O)c1cnc(NC(=O)c2ccc(-n3c(C)ccc3C)cc2)s1. The molecule has 0 aliphatic heterocycles. The largest absolute Gasteiger partial charge is 0.465 e. The Balaban J connectivity index is 1.75. The highest BCUT2D eigenvalue weighted by Gasteiger charge is 2.13. The minimum atomic E-state index is -0.472. The Kier molecular flexibility index (Phi) is 4.67. The third-order valence-corrected chi connectivity index (χ3v) is 4.66. The number of benzene rings is 1. The van der Waals surface area contributed by atoms with Crippen LogP contribution in [0.1, 0.15) is 31.4 Å². The molecule has 1 amide bonds. The van der Waals surface area contributed by atoms with Crippen molar-refractivity contribution in [2.45, 2.75) is 13.8 Å². The summed E-state index contributed by atoms with van der Waals surface area (Å²) in [7, 11) is 1.30. The van der Waals surface area contributed by atoms with Crippen LogP contribution < -0.4 is 5.32 Å². The number of rotatable bonds is 4. The Bertz CT molecular complexity index is 906. The maximum atomic E-state index is 12.3. The number of amides is 1. The van der Waals surface area contributed by atoms with Crippen molar-refractivity contribution in [1.29, 1.82) is 0 Å². The summed E-state index contributed by atoms with van der Waals surface area (Å²) < 4.78 is 6.74. The van der Waals surface area contributed by atoms with E-state index in [0.29, 0.717) is 15.6 Å². The molecule has 3 rings (SSSR count). The zero-order valence-electron chi connectivity index (χ0n) is 14.1. The van der Waals surface area contributed by atoms with Crippen LogP contribution in [0.2, 0.25) is 0 Å². The predicted molar refractivity (Wildman–Crippen MR) is 96.6 cm³/mol. The van der Waals surface area contributed by atoms with E-state index >= 15 is 0 Å². The molecular formula is C18H17N3O3S. The third-order valence-electron chi connectivity index (χ3n) is 3.77. The molecule has 0 radical (unpaired) electrons. The summed E-state index contributed by atoms with van der Waals surface area (Å²) in [6.07, 6.45) is 1.38. The highest BCUT2D eigenvalue weighted by molar-refractivity contribution is 7.17. The highest BCUT2D eigenvalue weighted by Crippen LogP contribution is 2.21. The summed E-state index contributed by atoms with van der Waals surface area (Å²) >= 11 is 1.07. The van der Waals surface area contributed by atoms with E-state index in [-0.39, 0.29) is 5.91 Å². The van der Waals surface area contributed by atoms with Crippen LogP contribution in [0.3, 0.4) is 0 Å². The van der Waals surface area contributed by atoms with Crippen LogP contribution in [0.4, 0.5) is 5.13 Å². The molecule has 3 aromatic rings. The number of thiazole rings is 1. The van der Waals surface area contributed by atoms with Crippen LogP contribution in [0.5, 0.6) is 0 Å². The molecule has 0 spiro atoms. The second kappa shape index (κ2) is 6.90. The van der Waals surface area contributed by atoms with Gasteiger partial charge in [-0.2, -0.15) is 0 Å². The fraction of sp³-hybridized carbons (Fsp3) is 0.167. The topological polar surface area (TPSA) is 73.2 Å². The average molecular weight is 355 g/mol. The van der Waals surface area contributed by atoms with E-state index in [9.17, 15) is 9.59 Å². The summed E-state index contributed by atoms with van der Waals surface area (Å²) in [4.78, 5) is 28.1. The van der Waals surface area contributed by atoms with Gasteiger partial charge >= 0.3 is 5.97 Å². The van der Waals surface area contributed by atoms with Crippen molar-refractivity contribution in [2.75, 3.05) is 12.4 Å². The van der Waals surface area contributed by atoms with E-state index in [2.05, 4.69) is 31.7 Å². The first-order valence-electron chi connectivity index (χ1n) is 7.60. The zero-order chi connectivity index (χ0) is 18.0. The summed E-state index contributed by atoms with van der Waals surface area (Å²) in [5.74, 6) is -0.752. The van der Waals surface area contributed by atoms with Crippen LogP contribution in [-0.2, 0) is 4.74 Å². The van der Waals surface area contributed by atoms with Gasteiger partial charge in [-0.05, 0) is 50.2 Å². The highest BCUT2D eigenvalue weighted by atomic mass is 32.1. The Labute approximate surface area is 149 Å². The minimum absolute atomic E-state index is 0.279. The van der Waals surface area contributed by atoms with Crippen molar-refractivity contribution in [3.8, 4) is 5.69 Å². The molecule has 2 aromatic heterocycles. The Hall–Kier alpha value is -2.93. The molecule has 0 saturated heterocycles. The van der Waals surface area contributed by atoms with E-state index in [1.54, 1.807) is 12.1 Å². The van der Waals surface area contributed by atoms with Crippen molar-refractivity contribution >= 4 is 28.3 Å². The third kappa shape index (κ3) is 3.46. The summed E-state index contributed by atoms with van der Waals surface area (Å²) in [5, 5.41) is 3.04. The number of carbonyl (C=O) groups is 2. The van der Waals surface area contributed by atoms with Crippen molar-refractivity contribution < 1.29 is 14.3 Å². The zero-order valence-corrected chi connectivity index (χ0v) is 14.9. The van der Waals surface area contributed by atoms with Crippen molar-refractivity contribution in [2.24, 2.45) is 0 Å². The lowest BCUT2D eigenvalue weighted by Gasteiger charge is -2.10. The smallest absolute Gasteiger partial charge is 0.349 e. The maximum absolute atomic E-state index is 12.3. The quantitative estimate of drug-likeness (QED) is 0.726. The number of hydrogen-bond acceptors (Lipinski definition) is 5. The van der Waals surface area contributed by atoms with Crippen LogP contribution in [-0.4, -0.2) is 28.5 Å². The van der Waals surface area contributed by atoms with Gasteiger partial charge < -0.3 is 9.30 Å². The van der Waals surface area contributed by atoms with E-state index in [0.717, 1.165) is 28.4 Å². The summed E-state index contributed by atoms with van der Waals surface area (Å²) in [6.45, 7) is 4.07. The second-order valence-electron chi connectivity index (χ2n) is 5.47. The van der Waals surface area contributed by atoms with Crippen LogP contribution in [0, 0.1) is 13.8 Å². The average Bonchev–Trinajstić information content (AvgIpc) is 3.21. The van der Waals surface area contributed by atoms with E-state index < -0.39 is 5.97 Å². The van der Waals surface area contributed by atoms with Gasteiger partial charge in [-0.15, -0.1) is 0 Å². The first kappa shape index (κ1) is 16.9. The van der Waals surface area contributed by atoms with Crippen LogP contribution >= 0.6 is 11.3 Å². The van der Waals surface area contributed by atoms with Gasteiger partial charge in [0.05, 0.1) is 13.3 Å².